The highest BCUT2D eigenvalue weighted by molar-refractivity contribution is 4.97. The van der Waals surface area contributed by atoms with Gasteiger partial charge in [-0.3, -0.25) is 0 Å². The summed E-state index contributed by atoms with van der Waals surface area (Å²) in [5, 5.41) is 0. The van der Waals surface area contributed by atoms with E-state index in [1.54, 1.807) is 0 Å². The standard InChI is InChI=1S/C8H6F9NO/c9-5(10)6(11)18-1-3(7(12,13)14)19-4(2-18)8(15,16)17/h3-4H,1-2H2. The Morgan fingerprint density at radius 1 is 0.842 bits per heavy atom. The maximum absolute atomic E-state index is 12.8. The highest BCUT2D eigenvalue weighted by atomic mass is 19.4. The van der Waals surface area contributed by atoms with Crippen LogP contribution in [0.1, 0.15) is 0 Å². The average molecular weight is 303 g/mol. The molecule has 1 heterocycles. The molecule has 1 saturated heterocycles. The molecule has 0 aromatic carbocycles. The number of ether oxygens (including phenoxy) is 1. The number of hydrogen-bond donors (Lipinski definition) is 0. The van der Waals surface area contributed by atoms with Gasteiger partial charge in [0, 0.05) is 0 Å². The molecule has 1 aliphatic rings. The van der Waals surface area contributed by atoms with Crippen LogP contribution in [0.4, 0.5) is 39.5 Å². The van der Waals surface area contributed by atoms with Crippen molar-refractivity contribution in [1.29, 1.82) is 0 Å². The highest BCUT2D eigenvalue weighted by Gasteiger charge is 2.53. The van der Waals surface area contributed by atoms with Crippen LogP contribution >= 0.6 is 0 Å². The predicted octanol–water partition coefficient (Wildman–Crippen LogP) is 3.22. The highest BCUT2D eigenvalue weighted by Crippen LogP contribution is 2.35. The molecule has 11 heteroatoms. The normalized spacial score (nSPS) is 25.4. The molecular weight excluding hydrogens is 297 g/mol. The first kappa shape index (κ1) is 15.9. The van der Waals surface area contributed by atoms with Crippen LogP contribution in [-0.2, 0) is 4.74 Å². The Bertz CT molecular complexity index is 334. The third-order valence-electron chi connectivity index (χ3n) is 2.26. The van der Waals surface area contributed by atoms with E-state index in [1.807, 2.05) is 0 Å². The Balaban J connectivity index is 3.00. The van der Waals surface area contributed by atoms with Crippen molar-refractivity contribution in [2.24, 2.45) is 0 Å². The number of rotatable bonds is 1. The van der Waals surface area contributed by atoms with Crippen molar-refractivity contribution in [3.8, 4) is 0 Å². The zero-order chi connectivity index (χ0) is 15.0. The Morgan fingerprint density at radius 2 is 1.21 bits per heavy atom. The van der Waals surface area contributed by atoms with E-state index in [2.05, 4.69) is 4.74 Å². The number of hydrogen-bond acceptors (Lipinski definition) is 2. The lowest BCUT2D eigenvalue weighted by atomic mass is 10.2. The number of alkyl halides is 6. The second kappa shape index (κ2) is 5.10. The molecule has 1 fully saturated rings. The van der Waals surface area contributed by atoms with E-state index in [0.29, 0.717) is 0 Å². The molecule has 0 saturated carbocycles. The van der Waals surface area contributed by atoms with E-state index >= 15 is 0 Å². The van der Waals surface area contributed by atoms with Gasteiger partial charge < -0.3 is 9.64 Å². The summed E-state index contributed by atoms with van der Waals surface area (Å²) in [4.78, 5) is -0.338. The SMILES string of the molecule is FC(F)=C(F)N1CC(C(F)(F)F)OC(C(F)(F)F)C1. The molecular formula is C8H6F9NO. The van der Waals surface area contributed by atoms with Gasteiger partial charge in [-0.1, -0.05) is 0 Å². The Labute approximate surface area is 100.0 Å². The van der Waals surface area contributed by atoms with Crippen LogP contribution in [-0.4, -0.2) is 42.5 Å². The van der Waals surface area contributed by atoms with Crippen molar-refractivity contribution < 1.29 is 44.3 Å². The van der Waals surface area contributed by atoms with Crippen molar-refractivity contribution >= 4 is 0 Å². The minimum atomic E-state index is -5.23. The molecule has 112 valence electrons. The Morgan fingerprint density at radius 3 is 1.47 bits per heavy atom. The third kappa shape index (κ3) is 3.91. The van der Waals surface area contributed by atoms with Crippen LogP contribution in [0.3, 0.4) is 0 Å². The molecule has 0 aliphatic carbocycles. The van der Waals surface area contributed by atoms with Crippen LogP contribution in [0, 0.1) is 0 Å². The molecule has 1 aliphatic heterocycles. The lowest BCUT2D eigenvalue weighted by molar-refractivity contribution is -0.305. The van der Waals surface area contributed by atoms with Gasteiger partial charge in [0.1, 0.15) is 0 Å². The van der Waals surface area contributed by atoms with Gasteiger partial charge in [-0.2, -0.15) is 39.5 Å². The summed E-state index contributed by atoms with van der Waals surface area (Å²) in [6.45, 7) is -2.95. The van der Waals surface area contributed by atoms with E-state index < -0.39 is 49.7 Å². The van der Waals surface area contributed by atoms with E-state index in [1.165, 1.54) is 0 Å². The molecule has 0 radical (unpaired) electrons. The molecule has 2 atom stereocenters. The first-order chi connectivity index (χ1) is 8.43. The smallest absolute Gasteiger partial charge is 0.352 e. The maximum Gasteiger partial charge on any atom is 0.416 e. The topological polar surface area (TPSA) is 12.5 Å². The van der Waals surface area contributed by atoms with Gasteiger partial charge in [-0.15, -0.1) is 0 Å². The third-order valence-corrected chi connectivity index (χ3v) is 2.26. The number of halogens is 9. The fourth-order valence-electron chi connectivity index (χ4n) is 1.40. The fourth-order valence-corrected chi connectivity index (χ4v) is 1.40. The van der Waals surface area contributed by atoms with Gasteiger partial charge >= 0.3 is 18.4 Å². The second-order valence-electron chi connectivity index (χ2n) is 3.65. The van der Waals surface area contributed by atoms with Crippen molar-refractivity contribution in [3.63, 3.8) is 0 Å². The van der Waals surface area contributed by atoms with Crippen LogP contribution in [0.5, 0.6) is 0 Å². The van der Waals surface area contributed by atoms with Gasteiger partial charge in [-0.25, -0.2) is 0 Å². The molecule has 0 aromatic heterocycles. The first-order valence-electron chi connectivity index (χ1n) is 4.67. The van der Waals surface area contributed by atoms with Crippen molar-refractivity contribution in [3.05, 3.63) is 12.0 Å². The maximum atomic E-state index is 12.8. The Hall–Kier alpha value is -1.13. The minimum absolute atomic E-state index is 0.338. The van der Waals surface area contributed by atoms with Gasteiger partial charge in [0.25, 0.3) is 5.95 Å². The van der Waals surface area contributed by atoms with Crippen LogP contribution in [0.25, 0.3) is 0 Å². The second-order valence-corrected chi connectivity index (χ2v) is 3.65. The lowest BCUT2D eigenvalue weighted by Crippen LogP contribution is -2.56. The van der Waals surface area contributed by atoms with Gasteiger partial charge in [-0.05, 0) is 0 Å². The molecule has 0 amide bonds. The van der Waals surface area contributed by atoms with Crippen LogP contribution in [0.2, 0.25) is 0 Å². The summed E-state index contributed by atoms with van der Waals surface area (Å²) in [5.74, 6) is -2.42. The molecule has 0 spiro atoms. The summed E-state index contributed by atoms with van der Waals surface area (Å²) in [6, 6.07) is 0. The molecule has 0 aromatic rings. The molecule has 0 bridgehead atoms. The van der Waals surface area contributed by atoms with Crippen molar-refractivity contribution in [2.45, 2.75) is 24.6 Å². The molecule has 2 unspecified atom stereocenters. The molecule has 1 rings (SSSR count). The zero-order valence-electron chi connectivity index (χ0n) is 8.83. The molecule has 0 N–H and O–H groups in total. The fraction of sp³-hybridized carbons (Fsp3) is 0.750. The van der Waals surface area contributed by atoms with E-state index in [9.17, 15) is 39.5 Å². The summed E-state index contributed by atoms with van der Waals surface area (Å²) in [7, 11) is 0. The summed E-state index contributed by atoms with van der Waals surface area (Å²) in [6.07, 6.45) is -19.5. The average Bonchev–Trinajstić information content (AvgIpc) is 2.24. The minimum Gasteiger partial charge on any atom is -0.352 e. The number of morpholine rings is 1. The van der Waals surface area contributed by atoms with E-state index in [-0.39, 0.29) is 4.90 Å². The van der Waals surface area contributed by atoms with Gasteiger partial charge in [0.05, 0.1) is 13.1 Å². The van der Waals surface area contributed by atoms with Crippen LogP contribution in [0.15, 0.2) is 12.0 Å². The van der Waals surface area contributed by atoms with E-state index in [0.717, 1.165) is 0 Å². The zero-order valence-corrected chi connectivity index (χ0v) is 8.83. The first-order valence-corrected chi connectivity index (χ1v) is 4.67. The lowest BCUT2D eigenvalue weighted by Gasteiger charge is -2.38. The van der Waals surface area contributed by atoms with Crippen molar-refractivity contribution in [2.75, 3.05) is 13.1 Å². The van der Waals surface area contributed by atoms with Gasteiger partial charge in [0.2, 0.25) is 0 Å². The number of nitrogens with zero attached hydrogens (tertiary/aromatic N) is 1. The Kier molecular flexibility index (Phi) is 4.27. The van der Waals surface area contributed by atoms with Crippen molar-refractivity contribution in [1.82, 2.24) is 4.90 Å². The quantitative estimate of drug-likeness (QED) is 0.545. The monoisotopic (exact) mass is 303 g/mol. The van der Waals surface area contributed by atoms with Gasteiger partial charge in [0.15, 0.2) is 12.2 Å². The predicted molar refractivity (Wildman–Crippen MR) is 42.7 cm³/mol. The van der Waals surface area contributed by atoms with E-state index in [4.69, 9.17) is 0 Å². The largest absolute Gasteiger partial charge is 0.416 e. The molecule has 19 heavy (non-hydrogen) atoms. The van der Waals surface area contributed by atoms with Crippen LogP contribution < -0.4 is 0 Å². The summed E-state index contributed by atoms with van der Waals surface area (Å²) < 4.78 is 114. The summed E-state index contributed by atoms with van der Waals surface area (Å²) in [5.41, 5.74) is 0. The molecule has 2 nitrogen and oxygen atoms in total. The summed E-state index contributed by atoms with van der Waals surface area (Å²) >= 11 is 0.